The van der Waals surface area contributed by atoms with E-state index in [2.05, 4.69) is 43.8 Å². The van der Waals surface area contributed by atoms with Crippen molar-refractivity contribution in [1.82, 2.24) is 0 Å². The summed E-state index contributed by atoms with van der Waals surface area (Å²) in [6.07, 6.45) is 0. The highest BCUT2D eigenvalue weighted by Gasteiger charge is 2.08. The number of anilines is 1. The lowest BCUT2D eigenvalue weighted by molar-refractivity contribution is 0.102. The first-order valence-electron chi connectivity index (χ1n) is 5.08. The van der Waals surface area contributed by atoms with Crippen LogP contribution in [-0.4, -0.2) is 5.91 Å². The molecule has 5 heteroatoms. The monoisotopic (exact) mass is 419 g/mol. The lowest BCUT2D eigenvalue weighted by Crippen LogP contribution is -2.12. The summed E-state index contributed by atoms with van der Waals surface area (Å²) < 4.78 is 14.4. The van der Waals surface area contributed by atoms with Crippen molar-refractivity contribution in [3.8, 4) is 0 Å². The molecule has 0 heterocycles. The molecule has 0 saturated heterocycles. The maximum Gasteiger partial charge on any atom is 0.255 e. The van der Waals surface area contributed by atoms with Crippen LogP contribution in [0.15, 0.2) is 46.9 Å². The fourth-order valence-corrected chi connectivity index (χ4v) is 2.41. The first kappa shape index (κ1) is 13.5. The molecule has 92 valence electrons. The molecule has 2 rings (SSSR count). The summed E-state index contributed by atoms with van der Waals surface area (Å²) in [5, 5.41) is 2.73. The Kier molecular flexibility index (Phi) is 4.34. The predicted octanol–water partition coefficient (Wildman–Crippen LogP) is 4.45. The standard InChI is InChI=1S/C13H8BrFINO/c14-11-7-9(15)4-5-12(11)17-13(18)8-2-1-3-10(16)6-8/h1-7H,(H,17,18). The van der Waals surface area contributed by atoms with Crippen molar-refractivity contribution >= 4 is 50.1 Å². The van der Waals surface area contributed by atoms with Crippen LogP contribution in [0.5, 0.6) is 0 Å². The Hall–Kier alpha value is -0.950. The third-order valence-corrected chi connectivity index (χ3v) is 3.59. The largest absolute Gasteiger partial charge is 0.321 e. The van der Waals surface area contributed by atoms with E-state index < -0.39 is 0 Å². The van der Waals surface area contributed by atoms with Crippen LogP contribution in [0.25, 0.3) is 0 Å². The molecule has 0 aromatic heterocycles. The summed E-state index contributed by atoms with van der Waals surface area (Å²) in [4.78, 5) is 12.0. The van der Waals surface area contributed by atoms with Gasteiger partial charge in [-0.1, -0.05) is 6.07 Å². The van der Waals surface area contributed by atoms with Crippen LogP contribution in [0.1, 0.15) is 10.4 Å². The van der Waals surface area contributed by atoms with Crippen LogP contribution in [0, 0.1) is 9.39 Å². The second kappa shape index (κ2) is 5.79. The predicted molar refractivity (Wildman–Crippen MR) is 81.2 cm³/mol. The molecule has 1 N–H and O–H groups in total. The smallest absolute Gasteiger partial charge is 0.255 e. The molecule has 0 radical (unpaired) electrons. The van der Waals surface area contributed by atoms with Crippen LogP contribution in [0.3, 0.4) is 0 Å². The van der Waals surface area contributed by atoms with Gasteiger partial charge in [0.05, 0.1) is 5.69 Å². The van der Waals surface area contributed by atoms with Crippen LogP contribution in [0.2, 0.25) is 0 Å². The Balaban J connectivity index is 2.21. The average Bonchev–Trinajstić information content (AvgIpc) is 2.32. The van der Waals surface area contributed by atoms with Crippen LogP contribution >= 0.6 is 38.5 Å². The summed E-state index contributed by atoms with van der Waals surface area (Å²) in [5.74, 6) is -0.574. The molecule has 0 spiro atoms. The second-order valence-corrected chi connectivity index (χ2v) is 5.69. The lowest BCUT2D eigenvalue weighted by atomic mass is 10.2. The molecule has 2 nitrogen and oxygen atoms in total. The van der Waals surface area contributed by atoms with Gasteiger partial charge in [-0.25, -0.2) is 4.39 Å². The van der Waals surface area contributed by atoms with Gasteiger partial charge in [0.15, 0.2) is 0 Å². The Morgan fingerprint density at radius 3 is 2.67 bits per heavy atom. The SMILES string of the molecule is O=C(Nc1ccc(F)cc1Br)c1cccc(I)c1. The molecule has 2 aromatic rings. The molecule has 1 amide bonds. The first-order chi connectivity index (χ1) is 8.56. The molecule has 0 aliphatic carbocycles. The summed E-state index contributed by atoms with van der Waals surface area (Å²) in [5.41, 5.74) is 1.11. The maximum absolute atomic E-state index is 12.9. The minimum absolute atomic E-state index is 0.221. The summed E-state index contributed by atoms with van der Waals surface area (Å²) in [6.45, 7) is 0. The van der Waals surface area contributed by atoms with E-state index in [4.69, 9.17) is 0 Å². The fourth-order valence-electron chi connectivity index (χ4n) is 1.42. The molecule has 0 atom stereocenters. The molecule has 0 aliphatic heterocycles. The van der Waals surface area contributed by atoms with Gasteiger partial charge >= 0.3 is 0 Å². The zero-order valence-corrected chi connectivity index (χ0v) is 12.8. The van der Waals surface area contributed by atoms with Gasteiger partial charge in [0.2, 0.25) is 0 Å². The van der Waals surface area contributed by atoms with E-state index >= 15 is 0 Å². The van der Waals surface area contributed by atoms with Crippen molar-refractivity contribution in [2.75, 3.05) is 5.32 Å². The topological polar surface area (TPSA) is 29.1 Å². The van der Waals surface area contributed by atoms with Crippen LogP contribution < -0.4 is 5.32 Å². The van der Waals surface area contributed by atoms with Crippen molar-refractivity contribution in [3.63, 3.8) is 0 Å². The van der Waals surface area contributed by atoms with Gasteiger partial charge in [-0.15, -0.1) is 0 Å². The average molecular weight is 420 g/mol. The molecule has 18 heavy (non-hydrogen) atoms. The van der Waals surface area contributed by atoms with Gasteiger partial charge in [0.1, 0.15) is 5.82 Å². The molecule has 2 aromatic carbocycles. The number of nitrogens with one attached hydrogen (secondary N) is 1. The highest BCUT2D eigenvalue weighted by atomic mass is 127. The summed E-state index contributed by atoms with van der Waals surface area (Å²) in [6, 6.07) is 11.4. The normalized spacial score (nSPS) is 10.2. The number of carbonyl (C=O) groups is 1. The molecule has 0 saturated carbocycles. The number of benzene rings is 2. The summed E-state index contributed by atoms with van der Waals surface area (Å²) in [7, 11) is 0. The third kappa shape index (κ3) is 3.29. The Labute approximate surface area is 126 Å². The molecule has 0 unspecified atom stereocenters. The van der Waals surface area contributed by atoms with E-state index in [9.17, 15) is 9.18 Å². The maximum atomic E-state index is 12.9. The number of hydrogen-bond donors (Lipinski definition) is 1. The number of rotatable bonds is 2. The van der Waals surface area contributed by atoms with E-state index in [1.54, 1.807) is 12.1 Å². The number of hydrogen-bond acceptors (Lipinski definition) is 1. The quantitative estimate of drug-likeness (QED) is 0.716. The highest BCUT2D eigenvalue weighted by molar-refractivity contribution is 14.1. The van der Waals surface area contributed by atoms with E-state index in [1.807, 2.05) is 12.1 Å². The minimum atomic E-state index is -0.353. The van der Waals surface area contributed by atoms with Crippen molar-refractivity contribution in [2.45, 2.75) is 0 Å². The van der Waals surface area contributed by atoms with Gasteiger partial charge in [-0.2, -0.15) is 0 Å². The zero-order chi connectivity index (χ0) is 13.1. The third-order valence-electron chi connectivity index (χ3n) is 2.27. The molecular weight excluding hydrogens is 412 g/mol. The molecule has 0 fully saturated rings. The molecule has 0 bridgehead atoms. The van der Waals surface area contributed by atoms with E-state index in [0.717, 1.165) is 3.57 Å². The van der Waals surface area contributed by atoms with Gasteiger partial charge in [0.25, 0.3) is 5.91 Å². The first-order valence-corrected chi connectivity index (χ1v) is 6.95. The van der Waals surface area contributed by atoms with Gasteiger partial charge < -0.3 is 5.32 Å². The Morgan fingerprint density at radius 1 is 1.22 bits per heavy atom. The van der Waals surface area contributed by atoms with Crippen molar-refractivity contribution in [3.05, 3.63) is 61.9 Å². The zero-order valence-electron chi connectivity index (χ0n) is 9.08. The van der Waals surface area contributed by atoms with Gasteiger partial charge in [0, 0.05) is 13.6 Å². The summed E-state index contributed by atoms with van der Waals surface area (Å²) >= 11 is 5.35. The van der Waals surface area contributed by atoms with Gasteiger partial charge in [-0.3, -0.25) is 4.79 Å². The van der Waals surface area contributed by atoms with Crippen molar-refractivity contribution in [1.29, 1.82) is 0 Å². The molecular formula is C13H8BrFINO. The van der Waals surface area contributed by atoms with Crippen LogP contribution in [0.4, 0.5) is 10.1 Å². The fraction of sp³-hybridized carbons (Fsp3) is 0. The second-order valence-electron chi connectivity index (χ2n) is 3.59. The van der Waals surface area contributed by atoms with E-state index in [0.29, 0.717) is 15.7 Å². The van der Waals surface area contributed by atoms with E-state index in [-0.39, 0.29) is 11.7 Å². The highest BCUT2D eigenvalue weighted by Crippen LogP contribution is 2.23. The lowest BCUT2D eigenvalue weighted by Gasteiger charge is -2.07. The Bertz CT molecular complexity index is 603. The van der Waals surface area contributed by atoms with Gasteiger partial charge in [-0.05, 0) is 74.9 Å². The minimum Gasteiger partial charge on any atom is -0.321 e. The van der Waals surface area contributed by atoms with Crippen molar-refractivity contribution in [2.24, 2.45) is 0 Å². The van der Waals surface area contributed by atoms with E-state index in [1.165, 1.54) is 18.2 Å². The number of halogens is 3. The number of amides is 1. The molecule has 0 aliphatic rings. The Morgan fingerprint density at radius 2 is 2.00 bits per heavy atom. The van der Waals surface area contributed by atoms with Crippen molar-refractivity contribution < 1.29 is 9.18 Å². The van der Waals surface area contributed by atoms with Crippen LogP contribution in [-0.2, 0) is 0 Å². The number of carbonyl (C=O) groups excluding carboxylic acids is 1.